The zero-order valence-corrected chi connectivity index (χ0v) is 5.63. The van der Waals surface area contributed by atoms with E-state index in [0.29, 0.717) is 6.54 Å². The number of hydrogen-bond acceptors (Lipinski definition) is 3. The smallest absolute Gasteiger partial charge is 0.0720 e. The number of aliphatic hydroxyl groups excluding tert-OH is 1. The van der Waals surface area contributed by atoms with E-state index >= 15 is 0 Å². The summed E-state index contributed by atoms with van der Waals surface area (Å²) in [4.78, 5) is 0. The van der Waals surface area contributed by atoms with Gasteiger partial charge in [-0.05, 0) is 0 Å². The van der Waals surface area contributed by atoms with E-state index < -0.39 is 0 Å². The van der Waals surface area contributed by atoms with Crippen molar-refractivity contribution in [3.63, 3.8) is 0 Å². The van der Waals surface area contributed by atoms with Gasteiger partial charge in [0.1, 0.15) is 0 Å². The molecule has 0 radical (unpaired) electrons. The van der Waals surface area contributed by atoms with Crippen LogP contribution in [0.15, 0.2) is 0 Å². The zero-order valence-electron chi connectivity index (χ0n) is 5.63. The van der Waals surface area contributed by atoms with Gasteiger partial charge in [-0.3, -0.25) is 0 Å². The van der Waals surface area contributed by atoms with E-state index in [1.54, 1.807) is 7.11 Å². The lowest BCUT2D eigenvalue weighted by atomic mass is 10.1. The summed E-state index contributed by atoms with van der Waals surface area (Å²) in [6, 6.07) is 0. The Morgan fingerprint density at radius 2 is 2.33 bits per heavy atom. The number of aliphatic hydroxyl groups is 1. The second-order valence-corrected chi connectivity index (χ2v) is 2.41. The third kappa shape index (κ3) is 1.93. The first-order valence-electron chi connectivity index (χ1n) is 3.24. The fourth-order valence-corrected chi connectivity index (χ4v) is 1.06. The topological polar surface area (TPSA) is 41.5 Å². The molecule has 0 aromatic carbocycles. The molecule has 9 heavy (non-hydrogen) atoms. The van der Waals surface area contributed by atoms with Gasteiger partial charge in [-0.25, -0.2) is 0 Å². The number of ether oxygens (including phenoxy) is 1. The average molecular weight is 131 g/mol. The lowest BCUT2D eigenvalue weighted by molar-refractivity contribution is 0.0225. The van der Waals surface area contributed by atoms with E-state index in [1.807, 2.05) is 0 Å². The van der Waals surface area contributed by atoms with E-state index in [1.165, 1.54) is 0 Å². The number of piperidine rings is 1. The highest BCUT2D eigenvalue weighted by molar-refractivity contribution is 4.74. The maximum absolute atomic E-state index is 9.07. The van der Waals surface area contributed by atoms with E-state index in [4.69, 9.17) is 9.84 Å². The van der Waals surface area contributed by atoms with Crippen LogP contribution in [0, 0.1) is 0 Å². The molecule has 2 unspecified atom stereocenters. The van der Waals surface area contributed by atoms with Crippen molar-refractivity contribution in [3.05, 3.63) is 0 Å². The highest BCUT2D eigenvalue weighted by atomic mass is 16.5. The van der Waals surface area contributed by atoms with E-state index in [-0.39, 0.29) is 12.2 Å². The molecule has 0 amide bonds. The molecule has 1 fully saturated rings. The Morgan fingerprint density at radius 3 is 2.78 bits per heavy atom. The molecule has 1 aliphatic heterocycles. The third-order valence-electron chi connectivity index (χ3n) is 1.62. The first kappa shape index (κ1) is 6.99. The van der Waals surface area contributed by atoms with Crippen molar-refractivity contribution in [1.82, 2.24) is 5.32 Å². The summed E-state index contributed by atoms with van der Waals surface area (Å²) in [5, 5.41) is 12.1. The Labute approximate surface area is 55.0 Å². The van der Waals surface area contributed by atoms with Gasteiger partial charge in [0, 0.05) is 26.6 Å². The predicted octanol–water partition coefficient (Wildman–Crippen LogP) is -0.644. The van der Waals surface area contributed by atoms with Gasteiger partial charge >= 0.3 is 0 Å². The molecule has 0 aromatic heterocycles. The van der Waals surface area contributed by atoms with E-state index in [2.05, 4.69) is 5.32 Å². The maximum Gasteiger partial charge on any atom is 0.0720 e. The minimum absolute atomic E-state index is 0.203. The van der Waals surface area contributed by atoms with Crippen LogP contribution < -0.4 is 5.32 Å². The monoisotopic (exact) mass is 131 g/mol. The second-order valence-electron chi connectivity index (χ2n) is 2.41. The molecule has 3 heteroatoms. The molecule has 1 aliphatic rings. The number of hydrogen-bond donors (Lipinski definition) is 2. The van der Waals surface area contributed by atoms with Gasteiger partial charge in [-0.15, -0.1) is 0 Å². The minimum Gasteiger partial charge on any atom is -0.392 e. The van der Waals surface area contributed by atoms with Crippen molar-refractivity contribution >= 4 is 0 Å². The van der Waals surface area contributed by atoms with Gasteiger partial charge in [0.25, 0.3) is 0 Å². The Kier molecular flexibility index (Phi) is 2.45. The summed E-state index contributed by atoms with van der Waals surface area (Å²) < 4.78 is 5.04. The molecular formula is C6H13NO2. The summed E-state index contributed by atoms with van der Waals surface area (Å²) in [7, 11) is 1.67. The Morgan fingerprint density at radius 1 is 1.56 bits per heavy atom. The lowest BCUT2D eigenvalue weighted by Gasteiger charge is -2.25. The quantitative estimate of drug-likeness (QED) is 0.497. The van der Waals surface area contributed by atoms with Crippen LogP contribution in [0.3, 0.4) is 0 Å². The Balaban J connectivity index is 2.23. The third-order valence-corrected chi connectivity index (χ3v) is 1.62. The molecule has 0 spiro atoms. The van der Waals surface area contributed by atoms with Crippen LogP contribution in [-0.2, 0) is 4.74 Å². The zero-order chi connectivity index (χ0) is 6.69. The summed E-state index contributed by atoms with van der Waals surface area (Å²) >= 11 is 0. The summed E-state index contributed by atoms with van der Waals surface area (Å²) in [5.41, 5.74) is 0. The highest BCUT2D eigenvalue weighted by Gasteiger charge is 2.18. The van der Waals surface area contributed by atoms with Gasteiger partial charge in [0.05, 0.1) is 12.2 Å². The number of nitrogens with one attached hydrogen (secondary N) is 1. The van der Waals surface area contributed by atoms with Crippen molar-refractivity contribution in [2.24, 2.45) is 0 Å². The van der Waals surface area contributed by atoms with Crippen LogP contribution in [0.2, 0.25) is 0 Å². The first-order valence-corrected chi connectivity index (χ1v) is 3.24. The van der Waals surface area contributed by atoms with Crippen LogP contribution in [0.25, 0.3) is 0 Å². The normalized spacial score (nSPS) is 36.7. The van der Waals surface area contributed by atoms with Gasteiger partial charge in [0.2, 0.25) is 0 Å². The Hall–Kier alpha value is -0.120. The minimum atomic E-state index is -0.219. The van der Waals surface area contributed by atoms with Crippen LogP contribution in [-0.4, -0.2) is 37.5 Å². The molecule has 0 saturated carbocycles. The van der Waals surface area contributed by atoms with Gasteiger partial charge in [-0.1, -0.05) is 0 Å². The standard InChI is InChI=1S/C6H13NO2/c1-9-6-2-5(8)3-7-4-6/h5-8H,2-4H2,1H3. The SMILES string of the molecule is COC1CNCC(O)C1. The number of β-amino-alcohol motifs (C(OH)–C–C–N with tert-alkyl or cyclic N) is 1. The number of rotatable bonds is 1. The molecule has 2 N–H and O–H groups in total. The van der Waals surface area contributed by atoms with Crippen LogP contribution in [0.4, 0.5) is 0 Å². The van der Waals surface area contributed by atoms with Crippen LogP contribution in [0.5, 0.6) is 0 Å². The van der Waals surface area contributed by atoms with Gasteiger partial charge in [-0.2, -0.15) is 0 Å². The Bertz CT molecular complexity index is 87.1. The highest BCUT2D eigenvalue weighted by Crippen LogP contribution is 2.04. The van der Waals surface area contributed by atoms with E-state index in [9.17, 15) is 0 Å². The largest absolute Gasteiger partial charge is 0.392 e. The van der Waals surface area contributed by atoms with Crippen molar-refractivity contribution in [3.8, 4) is 0 Å². The molecule has 3 nitrogen and oxygen atoms in total. The van der Waals surface area contributed by atoms with Crippen LogP contribution >= 0.6 is 0 Å². The first-order chi connectivity index (χ1) is 4.33. The molecule has 2 atom stereocenters. The fourth-order valence-electron chi connectivity index (χ4n) is 1.06. The fraction of sp³-hybridized carbons (Fsp3) is 1.00. The molecule has 0 bridgehead atoms. The molecular weight excluding hydrogens is 118 g/mol. The summed E-state index contributed by atoms with van der Waals surface area (Å²) in [5.74, 6) is 0. The van der Waals surface area contributed by atoms with E-state index in [0.717, 1.165) is 13.0 Å². The van der Waals surface area contributed by atoms with Crippen molar-refractivity contribution in [2.45, 2.75) is 18.6 Å². The molecule has 1 saturated heterocycles. The van der Waals surface area contributed by atoms with Gasteiger partial charge < -0.3 is 15.2 Å². The van der Waals surface area contributed by atoms with Crippen LogP contribution in [0.1, 0.15) is 6.42 Å². The molecule has 1 heterocycles. The van der Waals surface area contributed by atoms with Gasteiger partial charge in [0.15, 0.2) is 0 Å². The molecule has 1 rings (SSSR count). The molecule has 54 valence electrons. The molecule has 0 aliphatic carbocycles. The summed E-state index contributed by atoms with van der Waals surface area (Å²) in [6.07, 6.45) is 0.751. The predicted molar refractivity (Wildman–Crippen MR) is 34.3 cm³/mol. The average Bonchev–Trinajstić information content (AvgIpc) is 1.88. The maximum atomic E-state index is 9.07. The van der Waals surface area contributed by atoms with Crippen molar-refractivity contribution < 1.29 is 9.84 Å². The summed E-state index contributed by atoms with van der Waals surface area (Å²) in [6.45, 7) is 1.58. The second kappa shape index (κ2) is 3.15. The number of methoxy groups -OCH3 is 1. The molecule has 0 aromatic rings. The van der Waals surface area contributed by atoms with Crippen molar-refractivity contribution in [1.29, 1.82) is 0 Å². The lowest BCUT2D eigenvalue weighted by Crippen LogP contribution is -2.42. The van der Waals surface area contributed by atoms with Crippen molar-refractivity contribution in [2.75, 3.05) is 20.2 Å².